The molecule has 1 atom stereocenters. The molecule has 1 aromatic rings. The highest BCUT2D eigenvalue weighted by Gasteiger charge is 2.11. The molecule has 0 saturated heterocycles. The minimum atomic E-state index is -3.85. The van der Waals surface area contributed by atoms with Crippen LogP contribution in [0.4, 0.5) is 0 Å². The van der Waals surface area contributed by atoms with Gasteiger partial charge in [0.15, 0.2) is 0 Å². The van der Waals surface area contributed by atoms with E-state index >= 15 is 0 Å². The fourth-order valence-corrected chi connectivity index (χ4v) is 3.00. The van der Waals surface area contributed by atoms with Gasteiger partial charge in [0, 0.05) is 5.02 Å². The highest BCUT2D eigenvalue weighted by atomic mass is 35.5. The smallest absolute Gasteiger partial charge is 0.264 e. The monoisotopic (exact) mass is 358 g/mol. The molecule has 0 heterocycles. The summed E-state index contributed by atoms with van der Waals surface area (Å²) in [7, 11) is -3.85. The van der Waals surface area contributed by atoms with Gasteiger partial charge < -0.3 is 0 Å². The molecule has 0 aliphatic rings. The maximum absolute atomic E-state index is 10.8. The van der Waals surface area contributed by atoms with E-state index in [1.54, 1.807) is 0 Å². The van der Waals surface area contributed by atoms with E-state index in [0.29, 0.717) is 12.3 Å². The summed E-state index contributed by atoms with van der Waals surface area (Å²) in [5.41, 5.74) is 1.33. The van der Waals surface area contributed by atoms with Crippen LogP contribution in [-0.2, 0) is 16.5 Å². The first-order chi connectivity index (χ1) is 10.6. The van der Waals surface area contributed by atoms with E-state index in [0.717, 1.165) is 24.3 Å². The number of allylic oxidation sites excluding steroid dienone is 2. The molecule has 3 nitrogen and oxygen atoms in total. The van der Waals surface area contributed by atoms with Crippen molar-refractivity contribution < 1.29 is 13.0 Å². The molecule has 130 valence electrons. The predicted octanol–water partition coefficient (Wildman–Crippen LogP) is 5.16. The quantitative estimate of drug-likeness (QED) is 0.396. The molecular formula is C18H27ClO3S. The average molecular weight is 359 g/mol. The molecule has 0 unspecified atom stereocenters. The summed E-state index contributed by atoms with van der Waals surface area (Å²) in [5.74, 6) is 0.181. The maximum Gasteiger partial charge on any atom is 0.264 e. The topological polar surface area (TPSA) is 54.4 Å². The van der Waals surface area contributed by atoms with Crippen molar-refractivity contribution in [3.8, 4) is 0 Å². The Morgan fingerprint density at radius 2 is 1.78 bits per heavy atom. The SMILES string of the molecule is CC(C)(C)/C=C/[C@@H](CCCCS(=O)(=O)O)Cc1ccc(Cl)cc1. The van der Waals surface area contributed by atoms with E-state index in [1.807, 2.05) is 24.3 Å². The Morgan fingerprint density at radius 3 is 2.30 bits per heavy atom. The van der Waals surface area contributed by atoms with Gasteiger partial charge in [0.2, 0.25) is 0 Å². The lowest BCUT2D eigenvalue weighted by Crippen LogP contribution is -2.07. The van der Waals surface area contributed by atoms with E-state index in [1.165, 1.54) is 5.56 Å². The van der Waals surface area contributed by atoms with Crippen LogP contribution in [0.25, 0.3) is 0 Å². The van der Waals surface area contributed by atoms with E-state index in [4.69, 9.17) is 16.2 Å². The Bertz CT molecular complexity index is 598. The normalized spacial score (nSPS) is 14.3. The van der Waals surface area contributed by atoms with Crippen LogP contribution in [0, 0.1) is 11.3 Å². The summed E-state index contributed by atoms with van der Waals surface area (Å²) in [6.45, 7) is 6.46. The molecule has 0 saturated carbocycles. The van der Waals surface area contributed by atoms with Crippen molar-refractivity contribution >= 4 is 21.7 Å². The van der Waals surface area contributed by atoms with Gasteiger partial charge in [-0.05, 0) is 48.3 Å². The molecule has 0 fully saturated rings. The number of rotatable bonds is 8. The first-order valence-corrected chi connectivity index (χ1v) is 9.93. The summed E-state index contributed by atoms with van der Waals surface area (Å²) in [5, 5.41) is 0.726. The average Bonchev–Trinajstić information content (AvgIpc) is 2.41. The molecule has 0 aliphatic carbocycles. The van der Waals surface area contributed by atoms with Gasteiger partial charge in [-0.3, -0.25) is 4.55 Å². The van der Waals surface area contributed by atoms with Gasteiger partial charge in [0.05, 0.1) is 5.75 Å². The van der Waals surface area contributed by atoms with E-state index in [9.17, 15) is 8.42 Å². The molecule has 0 aromatic heterocycles. The number of hydrogen-bond acceptors (Lipinski definition) is 2. The van der Waals surface area contributed by atoms with Crippen LogP contribution in [0.3, 0.4) is 0 Å². The fourth-order valence-electron chi connectivity index (χ4n) is 2.31. The van der Waals surface area contributed by atoms with Gasteiger partial charge in [0.1, 0.15) is 0 Å². The minimum Gasteiger partial charge on any atom is -0.286 e. The lowest BCUT2D eigenvalue weighted by Gasteiger charge is -2.17. The van der Waals surface area contributed by atoms with Crippen molar-refractivity contribution in [3.05, 3.63) is 47.0 Å². The Hall–Kier alpha value is -0.840. The van der Waals surface area contributed by atoms with Crippen molar-refractivity contribution in [2.45, 2.75) is 46.5 Å². The standard InChI is InChI=1S/C18H27ClO3S/c1-18(2,3)12-11-15(6-4-5-13-23(20,21)22)14-16-7-9-17(19)10-8-16/h7-12,15H,4-6,13-14H2,1-3H3,(H,20,21,22)/b12-11+/t15-/m1/s1. The predicted molar refractivity (Wildman–Crippen MR) is 97.5 cm³/mol. The molecule has 23 heavy (non-hydrogen) atoms. The molecule has 0 amide bonds. The van der Waals surface area contributed by atoms with Crippen molar-refractivity contribution in [3.63, 3.8) is 0 Å². The number of unbranched alkanes of at least 4 members (excludes halogenated alkanes) is 1. The Morgan fingerprint density at radius 1 is 1.17 bits per heavy atom. The van der Waals surface area contributed by atoms with Gasteiger partial charge in [-0.2, -0.15) is 8.42 Å². The Balaban J connectivity index is 2.65. The molecule has 5 heteroatoms. The zero-order valence-electron chi connectivity index (χ0n) is 14.1. The first-order valence-electron chi connectivity index (χ1n) is 7.94. The second kappa shape index (κ2) is 8.86. The molecule has 0 spiro atoms. The summed E-state index contributed by atoms with van der Waals surface area (Å²) < 4.78 is 30.4. The molecule has 0 bridgehead atoms. The van der Waals surface area contributed by atoms with Crippen molar-refractivity contribution in [1.82, 2.24) is 0 Å². The summed E-state index contributed by atoms with van der Waals surface area (Å²) in [6.07, 6.45) is 7.48. The zero-order chi connectivity index (χ0) is 17.5. The maximum atomic E-state index is 10.8. The van der Waals surface area contributed by atoms with Gasteiger partial charge in [-0.15, -0.1) is 0 Å². The number of hydrogen-bond donors (Lipinski definition) is 1. The van der Waals surface area contributed by atoms with Crippen molar-refractivity contribution in [1.29, 1.82) is 0 Å². The zero-order valence-corrected chi connectivity index (χ0v) is 15.7. The Kier molecular flexibility index (Phi) is 7.78. The third kappa shape index (κ3) is 10.5. The van der Waals surface area contributed by atoms with E-state index < -0.39 is 10.1 Å². The van der Waals surface area contributed by atoms with Crippen LogP contribution < -0.4 is 0 Å². The van der Waals surface area contributed by atoms with Crippen LogP contribution in [0.2, 0.25) is 5.02 Å². The van der Waals surface area contributed by atoms with Crippen molar-refractivity contribution in [2.24, 2.45) is 11.3 Å². The molecule has 1 aromatic carbocycles. The van der Waals surface area contributed by atoms with Crippen LogP contribution in [0.1, 0.15) is 45.6 Å². The lowest BCUT2D eigenvalue weighted by atomic mass is 9.89. The number of halogens is 1. The molecule has 0 radical (unpaired) electrons. The molecule has 0 aliphatic heterocycles. The third-order valence-electron chi connectivity index (χ3n) is 3.51. The van der Waals surface area contributed by atoms with Gasteiger partial charge in [0.25, 0.3) is 10.1 Å². The Labute approximate surface area is 145 Å². The fraction of sp³-hybridized carbons (Fsp3) is 0.556. The molecular weight excluding hydrogens is 332 g/mol. The van der Waals surface area contributed by atoms with Gasteiger partial charge in [-0.25, -0.2) is 0 Å². The highest BCUT2D eigenvalue weighted by Crippen LogP contribution is 2.22. The van der Waals surface area contributed by atoms with Crippen LogP contribution in [-0.4, -0.2) is 18.7 Å². The van der Waals surface area contributed by atoms with Crippen LogP contribution >= 0.6 is 11.6 Å². The second-order valence-electron chi connectivity index (χ2n) is 7.10. The molecule has 1 N–H and O–H groups in total. The van der Waals surface area contributed by atoms with Crippen LogP contribution in [0.5, 0.6) is 0 Å². The van der Waals surface area contributed by atoms with Crippen molar-refractivity contribution in [2.75, 3.05) is 5.75 Å². The third-order valence-corrected chi connectivity index (χ3v) is 4.56. The summed E-state index contributed by atoms with van der Waals surface area (Å²) in [4.78, 5) is 0. The second-order valence-corrected chi connectivity index (χ2v) is 9.11. The first kappa shape index (κ1) is 20.2. The van der Waals surface area contributed by atoms with E-state index in [2.05, 4.69) is 32.9 Å². The van der Waals surface area contributed by atoms with E-state index in [-0.39, 0.29) is 11.2 Å². The summed E-state index contributed by atoms with van der Waals surface area (Å²) in [6, 6.07) is 7.83. The minimum absolute atomic E-state index is 0.118. The summed E-state index contributed by atoms with van der Waals surface area (Å²) >= 11 is 5.92. The number of benzene rings is 1. The largest absolute Gasteiger partial charge is 0.286 e. The van der Waals surface area contributed by atoms with Gasteiger partial charge in [-0.1, -0.05) is 63.1 Å². The van der Waals surface area contributed by atoms with Gasteiger partial charge >= 0.3 is 0 Å². The van der Waals surface area contributed by atoms with Crippen LogP contribution in [0.15, 0.2) is 36.4 Å². The lowest BCUT2D eigenvalue weighted by molar-refractivity contribution is 0.475. The molecule has 1 rings (SSSR count). The highest BCUT2D eigenvalue weighted by molar-refractivity contribution is 7.85.